The molecule has 2 aromatic rings. The molecule has 0 atom stereocenters. The highest BCUT2D eigenvalue weighted by atomic mass is 127. The minimum Gasteiger partial charge on any atom is -0.380 e. The van der Waals surface area contributed by atoms with Crippen LogP contribution in [-0.2, 0) is 13.6 Å². The minimum atomic E-state index is 0.775. The van der Waals surface area contributed by atoms with Gasteiger partial charge in [-0.1, -0.05) is 11.6 Å². The average molecular weight is 375 g/mol. The lowest BCUT2D eigenvalue weighted by Crippen LogP contribution is -2.02. The first-order valence-corrected chi connectivity index (χ1v) is 7.25. The van der Waals surface area contributed by atoms with Crippen LogP contribution < -0.4 is 5.32 Å². The molecule has 0 spiro atoms. The molecule has 0 aliphatic carbocycles. The molecule has 0 unspecified atom stereocenters. The van der Waals surface area contributed by atoms with Crippen LogP contribution in [0.3, 0.4) is 0 Å². The fraction of sp³-hybridized carbons (Fsp3) is 0.286. The number of hydrogen-bond acceptors (Lipinski definition) is 1. The zero-order valence-electron chi connectivity index (χ0n) is 10.7. The van der Waals surface area contributed by atoms with Gasteiger partial charge in [-0.25, -0.2) is 0 Å². The third-order valence-electron chi connectivity index (χ3n) is 3.28. The monoisotopic (exact) mass is 374 g/mol. The van der Waals surface area contributed by atoms with Crippen molar-refractivity contribution in [3.05, 3.63) is 49.8 Å². The highest BCUT2D eigenvalue weighted by molar-refractivity contribution is 14.1. The van der Waals surface area contributed by atoms with Gasteiger partial charge in [-0.15, -0.1) is 0 Å². The number of aryl methyl sites for hydroxylation is 1. The minimum absolute atomic E-state index is 0.775. The number of hydrogen-bond donors (Lipinski definition) is 1. The molecule has 1 aromatic carbocycles. The Bertz CT molecular complexity index is 575. The Morgan fingerprint density at radius 2 is 2.00 bits per heavy atom. The van der Waals surface area contributed by atoms with E-state index in [0.717, 1.165) is 20.8 Å². The van der Waals surface area contributed by atoms with Gasteiger partial charge in [0, 0.05) is 39.3 Å². The largest absolute Gasteiger partial charge is 0.380 e. The molecule has 0 radical (unpaired) electrons. The molecule has 0 bridgehead atoms. The summed E-state index contributed by atoms with van der Waals surface area (Å²) in [5.41, 5.74) is 5.06. The number of nitrogens with one attached hydrogen (secondary N) is 1. The fourth-order valence-electron chi connectivity index (χ4n) is 1.94. The molecular formula is C14H16ClIN2. The SMILES string of the molecule is Cc1cc(CNc2ccc(Cl)cc2I)c(C)n1C. The fourth-order valence-corrected chi connectivity index (χ4v) is 3.00. The molecule has 1 aromatic heterocycles. The van der Waals surface area contributed by atoms with E-state index in [1.54, 1.807) is 0 Å². The molecule has 2 rings (SSSR count). The Labute approximate surface area is 126 Å². The maximum atomic E-state index is 5.95. The van der Waals surface area contributed by atoms with Crippen LogP contribution >= 0.6 is 34.2 Å². The molecule has 0 saturated heterocycles. The van der Waals surface area contributed by atoms with Crippen molar-refractivity contribution in [2.75, 3.05) is 5.32 Å². The normalized spacial score (nSPS) is 10.7. The predicted molar refractivity (Wildman–Crippen MR) is 86.4 cm³/mol. The van der Waals surface area contributed by atoms with Crippen LogP contribution in [0, 0.1) is 17.4 Å². The average Bonchev–Trinajstić information content (AvgIpc) is 2.56. The van der Waals surface area contributed by atoms with E-state index < -0.39 is 0 Å². The molecular weight excluding hydrogens is 359 g/mol. The second kappa shape index (κ2) is 5.53. The quantitative estimate of drug-likeness (QED) is 0.782. The number of halogens is 2. The van der Waals surface area contributed by atoms with E-state index in [1.807, 2.05) is 18.2 Å². The molecule has 1 heterocycles. The summed E-state index contributed by atoms with van der Waals surface area (Å²) in [6.45, 7) is 5.12. The van der Waals surface area contributed by atoms with E-state index >= 15 is 0 Å². The molecule has 2 nitrogen and oxygen atoms in total. The molecule has 1 N–H and O–H groups in total. The first-order valence-electron chi connectivity index (χ1n) is 5.79. The molecule has 4 heteroatoms. The van der Waals surface area contributed by atoms with E-state index in [1.165, 1.54) is 17.0 Å². The van der Waals surface area contributed by atoms with Gasteiger partial charge in [-0.3, -0.25) is 0 Å². The second-order valence-corrected chi connectivity index (χ2v) is 6.03. The van der Waals surface area contributed by atoms with Crippen molar-refractivity contribution < 1.29 is 0 Å². The van der Waals surface area contributed by atoms with Crippen molar-refractivity contribution in [2.24, 2.45) is 7.05 Å². The molecule has 0 aliphatic rings. The summed E-state index contributed by atoms with van der Waals surface area (Å²) in [5, 5.41) is 4.23. The zero-order valence-corrected chi connectivity index (χ0v) is 13.6. The van der Waals surface area contributed by atoms with E-state index in [0.29, 0.717) is 0 Å². The third kappa shape index (κ3) is 2.83. The first kappa shape index (κ1) is 13.7. The van der Waals surface area contributed by atoms with Crippen molar-refractivity contribution in [2.45, 2.75) is 20.4 Å². The van der Waals surface area contributed by atoms with Gasteiger partial charge in [0.15, 0.2) is 0 Å². The molecule has 0 saturated carbocycles. The predicted octanol–water partition coefficient (Wildman–Crippen LogP) is 4.51. The summed E-state index contributed by atoms with van der Waals surface area (Å²) < 4.78 is 3.36. The van der Waals surface area contributed by atoms with E-state index in [4.69, 9.17) is 11.6 Å². The maximum absolute atomic E-state index is 5.95. The number of nitrogens with zero attached hydrogens (tertiary/aromatic N) is 1. The van der Waals surface area contributed by atoms with Gasteiger partial charge in [0.05, 0.1) is 0 Å². The summed E-state index contributed by atoms with van der Waals surface area (Å²) in [6, 6.07) is 8.13. The molecule has 0 amide bonds. The lowest BCUT2D eigenvalue weighted by Gasteiger charge is -2.09. The van der Waals surface area contributed by atoms with Gasteiger partial charge in [0.1, 0.15) is 0 Å². The number of anilines is 1. The van der Waals surface area contributed by atoms with Gasteiger partial charge < -0.3 is 9.88 Å². The van der Waals surface area contributed by atoms with Crippen molar-refractivity contribution >= 4 is 39.9 Å². The van der Waals surface area contributed by atoms with Crippen LogP contribution in [0.5, 0.6) is 0 Å². The highest BCUT2D eigenvalue weighted by Crippen LogP contribution is 2.23. The van der Waals surface area contributed by atoms with Crippen molar-refractivity contribution in [1.82, 2.24) is 4.57 Å². The molecule has 96 valence electrons. The summed E-state index contributed by atoms with van der Waals surface area (Å²) in [4.78, 5) is 0. The van der Waals surface area contributed by atoms with Crippen LogP contribution in [0.4, 0.5) is 5.69 Å². The van der Waals surface area contributed by atoms with Crippen molar-refractivity contribution in [3.63, 3.8) is 0 Å². The molecule has 0 aliphatic heterocycles. The van der Waals surface area contributed by atoms with E-state index in [-0.39, 0.29) is 0 Å². The van der Waals surface area contributed by atoms with Crippen molar-refractivity contribution in [1.29, 1.82) is 0 Å². The Kier molecular flexibility index (Phi) is 4.22. The van der Waals surface area contributed by atoms with Crippen LogP contribution in [0.2, 0.25) is 5.02 Å². The van der Waals surface area contributed by atoms with Crippen LogP contribution in [0.25, 0.3) is 0 Å². The second-order valence-electron chi connectivity index (χ2n) is 4.43. The number of benzene rings is 1. The Morgan fingerprint density at radius 3 is 2.56 bits per heavy atom. The number of rotatable bonds is 3. The summed E-state index contributed by atoms with van der Waals surface area (Å²) >= 11 is 8.24. The Balaban J connectivity index is 2.14. The first-order chi connectivity index (χ1) is 8.49. The highest BCUT2D eigenvalue weighted by Gasteiger charge is 2.06. The lowest BCUT2D eigenvalue weighted by atomic mass is 10.2. The molecule has 18 heavy (non-hydrogen) atoms. The Hall–Kier alpha value is -0.680. The standard InChI is InChI=1S/C14H16ClIN2/c1-9-6-11(10(2)18(9)3)8-17-14-5-4-12(15)7-13(14)16/h4-7,17H,8H2,1-3H3. The topological polar surface area (TPSA) is 17.0 Å². The summed E-state index contributed by atoms with van der Waals surface area (Å²) in [6.07, 6.45) is 0. The van der Waals surface area contributed by atoms with Gasteiger partial charge in [0.2, 0.25) is 0 Å². The smallest absolute Gasteiger partial charge is 0.0479 e. The van der Waals surface area contributed by atoms with Crippen molar-refractivity contribution in [3.8, 4) is 0 Å². The van der Waals surface area contributed by atoms with Gasteiger partial charge in [-0.05, 0) is 66.3 Å². The molecule has 0 fully saturated rings. The van der Waals surface area contributed by atoms with Crippen LogP contribution in [-0.4, -0.2) is 4.57 Å². The lowest BCUT2D eigenvalue weighted by molar-refractivity contribution is 0.837. The zero-order chi connectivity index (χ0) is 13.3. The summed E-state index contributed by atoms with van der Waals surface area (Å²) in [5.74, 6) is 0. The van der Waals surface area contributed by atoms with E-state index in [9.17, 15) is 0 Å². The maximum Gasteiger partial charge on any atom is 0.0479 e. The van der Waals surface area contributed by atoms with Gasteiger partial charge >= 0.3 is 0 Å². The van der Waals surface area contributed by atoms with E-state index in [2.05, 4.69) is 59.4 Å². The summed E-state index contributed by atoms with van der Waals surface area (Å²) in [7, 11) is 2.10. The Morgan fingerprint density at radius 1 is 1.28 bits per heavy atom. The third-order valence-corrected chi connectivity index (χ3v) is 4.41. The van der Waals surface area contributed by atoms with Gasteiger partial charge in [-0.2, -0.15) is 0 Å². The van der Waals surface area contributed by atoms with Gasteiger partial charge in [0.25, 0.3) is 0 Å². The van der Waals surface area contributed by atoms with Crippen LogP contribution in [0.15, 0.2) is 24.3 Å². The number of aromatic nitrogens is 1. The van der Waals surface area contributed by atoms with Crippen LogP contribution in [0.1, 0.15) is 17.0 Å².